The Morgan fingerprint density at radius 2 is 1.71 bits per heavy atom. The summed E-state index contributed by atoms with van der Waals surface area (Å²) in [5, 5.41) is 13.9. The van der Waals surface area contributed by atoms with Gasteiger partial charge >= 0.3 is 18.5 Å². The fourth-order valence-corrected chi connectivity index (χ4v) is 0.289. The smallest absolute Gasteiger partial charge is 0.450 e. The van der Waals surface area contributed by atoms with E-state index in [0.717, 1.165) is 6.08 Å². The third-order valence-electron chi connectivity index (χ3n) is 0.541. The van der Waals surface area contributed by atoms with Crippen LogP contribution < -0.4 is 0 Å². The SMILES string of the molecule is C=CCC(=O)OC(F)(F)F.O=C(O)O. The summed E-state index contributed by atoms with van der Waals surface area (Å²) in [6.45, 7) is 3.06. The number of ether oxygens (including phenoxy) is 1. The van der Waals surface area contributed by atoms with E-state index < -0.39 is 24.9 Å². The fourth-order valence-electron chi connectivity index (χ4n) is 0.289. The lowest BCUT2D eigenvalue weighted by Gasteiger charge is -2.04. The lowest BCUT2D eigenvalue weighted by Crippen LogP contribution is -2.18. The van der Waals surface area contributed by atoms with Crippen LogP contribution in [0.2, 0.25) is 0 Å². The molecule has 0 rings (SSSR count). The van der Waals surface area contributed by atoms with E-state index in [9.17, 15) is 18.0 Å². The molecule has 8 heteroatoms. The third-order valence-corrected chi connectivity index (χ3v) is 0.541. The number of alkyl halides is 3. The highest BCUT2D eigenvalue weighted by molar-refractivity contribution is 5.71. The van der Waals surface area contributed by atoms with Gasteiger partial charge in [0.2, 0.25) is 0 Å². The van der Waals surface area contributed by atoms with Gasteiger partial charge in [-0.15, -0.1) is 19.8 Å². The quantitative estimate of drug-likeness (QED) is 0.543. The molecule has 0 aromatic carbocycles. The van der Waals surface area contributed by atoms with Crippen LogP contribution in [0.25, 0.3) is 0 Å². The third kappa shape index (κ3) is 22.4. The maximum Gasteiger partial charge on any atom is 0.575 e. The van der Waals surface area contributed by atoms with Gasteiger partial charge in [0.05, 0.1) is 6.42 Å². The molecule has 0 radical (unpaired) electrons. The molecular weight excluding hydrogens is 209 g/mol. The van der Waals surface area contributed by atoms with Gasteiger partial charge in [-0.1, -0.05) is 6.08 Å². The summed E-state index contributed by atoms with van der Waals surface area (Å²) in [5.41, 5.74) is 0. The van der Waals surface area contributed by atoms with E-state index in [-0.39, 0.29) is 0 Å². The highest BCUT2D eigenvalue weighted by Crippen LogP contribution is 2.16. The molecule has 0 aromatic heterocycles. The highest BCUT2D eigenvalue weighted by Gasteiger charge is 2.33. The summed E-state index contributed by atoms with van der Waals surface area (Å²) in [6.07, 6.45) is -6.10. The number of halogens is 3. The van der Waals surface area contributed by atoms with Crippen LogP contribution in [-0.4, -0.2) is 28.7 Å². The zero-order valence-corrected chi connectivity index (χ0v) is 6.74. The van der Waals surface area contributed by atoms with Crippen LogP contribution in [0.15, 0.2) is 12.7 Å². The number of carbonyl (C=O) groups is 2. The lowest BCUT2D eigenvalue weighted by atomic mass is 10.4. The first-order valence-corrected chi connectivity index (χ1v) is 3.00. The normalized spacial score (nSPS) is 9.36. The van der Waals surface area contributed by atoms with Gasteiger partial charge in [0.1, 0.15) is 0 Å². The van der Waals surface area contributed by atoms with Crippen molar-refractivity contribution >= 4 is 12.1 Å². The van der Waals surface area contributed by atoms with Crippen molar-refractivity contribution in [1.82, 2.24) is 0 Å². The molecule has 5 nitrogen and oxygen atoms in total. The zero-order chi connectivity index (χ0) is 11.8. The van der Waals surface area contributed by atoms with Crippen molar-refractivity contribution in [3.63, 3.8) is 0 Å². The molecule has 0 aliphatic carbocycles. The summed E-state index contributed by atoms with van der Waals surface area (Å²) < 4.78 is 36.4. The number of carboxylic acid groups (broad SMARTS) is 2. The van der Waals surface area contributed by atoms with Crippen molar-refractivity contribution < 1.29 is 37.7 Å². The number of hydrogen-bond donors (Lipinski definition) is 2. The van der Waals surface area contributed by atoms with Crippen LogP contribution in [0, 0.1) is 0 Å². The van der Waals surface area contributed by atoms with E-state index in [2.05, 4.69) is 11.3 Å². The van der Waals surface area contributed by atoms with Crippen LogP contribution in [-0.2, 0) is 9.53 Å². The second-order valence-electron chi connectivity index (χ2n) is 1.70. The Morgan fingerprint density at radius 1 is 1.36 bits per heavy atom. The van der Waals surface area contributed by atoms with Gasteiger partial charge in [-0.3, -0.25) is 4.79 Å². The Bertz CT molecular complexity index is 206. The van der Waals surface area contributed by atoms with Gasteiger partial charge in [-0.2, -0.15) is 0 Å². The van der Waals surface area contributed by atoms with E-state index in [0.29, 0.717) is 0 Å². The number of rotatable bonds is 2. The Hall–Kier alpha value is -1.73. The van der Waals surface area contributed by atoms with Gasteiger partial charge in [0.15, 0.2) is 0 Å². The van der Waals surface area contributed by atoms with Crippen LogP contribution in [0.1, 0.15) is 6.42 Å². The van der Waals surface area contributed by atoms with Crippen LogP contribution in [0.3, 0.4) is 0 Å². The molecule has 0 heterocycles. The second-order valence-corrected chi connectivity index (χ2v) is 1.70. The molecule has 0 aliphatic rings. The van der Waals surface area contributed by atoms with Crippen molar-refractivity contribution in [2.24, 2.45) is 0 Å². The molecule has 0 atom stereocenters. The van der Waals surface area contributed by atoms with Gasteiger partial charge in [-0.05, 0) is 0 Å². The molecule has 0 saturated carbocycles. The minimum Gasteiger partial charge on any atom is -0.450 e. The van der Waals surface area contributed by atoms with Gasteiger partial charge < -0.3 is 14.9 Å². The van der Waals surface area contributed by atoms with Crippen molar-refractivity contribution in [3.8, 4) is 0 Å². The highest BCUT2D eigenvalue weighted by atomic mass is 19.4. The predicted molar refractivity (Wildman–Crippen MR) is 37.6 cm³/mol. The van der Waals surface area contributed by atoms with Crippen molar-refractivity contribution in [2.45, 2.75) is 12.8 Å². The summed E-state index contributed by atoms with van der Waals surface area (Å²) in [4.78, 5) is 18.6. The molecule has 0 aromatic rings. The molecule has 0 aliphatic heterocycles. The summed E-state index contributed by atoms with van der Waals surface area (Å²) in [6, 6.07) is 0. The van der Waals surface area contributed by atoms with Gasteiger partial charge in [0.25, 0.3) is 0 Å². The van der Waals surface area contributed by atoms with E-state index in [1.54, 1.807) is 0 Å². The van der Waals surface area contributed by atoms with Gasteiger partial charge in [-0.25, -0.2) is 4.79 Å². The van der Waals surface area contributed by atoms with Crippen molar-refractivity contribution in [3.05, 3.63) is 12.7 Å². The molecule has 14 heavy (non-hydrogen) atoms. The lowest BCUT2D eigenvalue weighted by molar-refractivity contribution is -0.305. The molecule has 82 valence electrons. The Balaban J connectivity index is 0. The average molecular weight is 216 g/mol. The maximum atomic E-state index is 11.2. The Morgan fingerprint density at radius 3 is 1.93 bits per heavy atom. The summed E-state index contributed by atoms with van der Waals surface area (Å²) >= 11 is 0. The van der Waals surface area contributed by atoms with Gasteiger partial charge in [0, 0.05) is 0 Å². The minimum atomic E-state index is -4.87. The van der Waals surface area contributed by atoms with E-state index >= 15 is 0 Å². The molecular formula is C6H7F3O5. The standard InChI is InChI=1S/C5H5F3O2.CH2O3/c1-2-3-4(9)10-5(6,7)8;2-1(3)4/h2H,1,3H2;(H2,2,3,4). The Kier molecular flexibility index (Phi) is 7.12. The molecule has 0 unspecified atom stereocenters. The van der Waals surface area contributed by atoms with Crippen molar-refractivity contribution in [1.29, 1.82) is 0 Å². The maximum absolute atomic E-state index is 11.2. The number of hydrogen-bond acceptors (Lipinski definition) is 3. The van der Waals surface area contributed by atoms with E-state index in [1.165, 1.54) is 0 Å². The molecule has 0 saturated heterocycles. The first-order chi connectivity index (χ1) is 6.19. The topological polar surface area (TPSA) is 83.8 Å². The average Bonchev–Trinajstić information content (AvgIpc) is 1.80. The van der Waals surface area contributed by atoms with Crippen molar-refractivity contribution in [2.75, 3.05) is 0 Å². The number of esters is 1. The van der Waals surface area contributed by atoms with Crippen LogP contribution in [0.4, 0.5) is 18.0 Å². The molecule has 0 bridgehead atoms. The fraction of sp³-hybridized carbons (Fsp3) is 0.333. The zero-order valence-electron chi connectivity index (χ0n) is 6.74. The van der Waals surface area contributed by atoms with E-state index in [4.69, 9.17) is 15.0 Å². The first-order valence-electron chi connectivity index (χ1n) is 3.00. The molecule has 2 N–H and O–H groups in total. The summed E-state index contributed by atoms with van der Waals surface area (Å²) in [7, 11) is 0. The largest absolute Gasteiger partial charge is 0.575 e. The Labute approximate surface area is 76.4 Å². The molecule has 0 fully saturated rings. The van der Waals surface area contributed by atoms with E-state index in [1.807, 2.05) is 0 Å². The summed E-state index contributed by atoms with van der Waals surface area (Å²) in [5.74, 6) is -1.34. The minimum absolute atomic E-state index is 0.431. The molecule has 0 amide bonds. The first kappa shape index (κ1) is 14.8. The molecule has 0 spiro atoms. The second kappa shape index (κ2) is 6.75. The number of carbonyl (C=O) groups excluding carboxylic acids is 1. The monoisotopic (exact) mass is 216 g/mol. The van der Waals surface area contributed by atoms with Crippen LogP contribution >= 0.6 is 0 Å². The predicted octanol–water partition coefficient (Wildman–Crippen LogP) is 1.85. The van der Waals surface area contributed by atoms with Crippen LogP contribution in [0.5, 0.6) is 0 Å².